The third-order valence-electron chi connectivity index (χ3n) is 3.55. The van der Waals surface area contributed by atoms with Crippen molar-refractivity contribution in [1.82, 2.24) is 0 Å². The summed E-state index contributed by atoms with van der Waals surface area (Å²) in [7, 11) is 1.72. The zero-order valence-corrected chi connectivity index (χ0v) is 12.3. The van der Waals surface area contributed by atoms with E-state index < -0.39 is 11.7 Å². The SMILES string of the molecule is CCCC(C)N(C)c1ccc(CCN)cc1C(F)(F)F. The number of rotatable bonds is 6. The minimum Gasteiger partial charge on any atom is -0.371 e. The van der Waals surface area contributed by atoms with Crippen LogP contribution >= 0.6 is 0 Å². The number of alkyl halides is 3. The lowest BCUT2D eigenvalue weighted by Crippen LogP contribution is -2.30. The summed E-state index contributed by atoms with van der Waals surface area (Å²) in [6, 6.07) is 4.57. The predicted molar refractivity (Wildman–Crippen MR) is 77.0 cm³/mol. The van der Waals surface area contributed by atoms with Gasteiger partial charge in [0.15, 0.2) is 0 Å². The minimum absolute atomic E-state index is 0.0708. The van der Waals surface area contributed by atoms with Crippen LogP contribution in [0, 0.1) is 0 Å². The highest BCUT2D eigenvalue weighted by molar-refractivity contribution is 5.56. The number of hydrogen-bond acceptors (Lipinski definition) is 2. The highest BCUT2D eigenvalue weighted by Crippen LogP contribution is 2.37. The lowest BCUT2D eigenvalue weighted by molar-refractivity contribution is -0.137. The van der Waals surface area contributed by atoms with Crippen LogP contribution in [-0.4, -0.2) is 19.6 Å². The maximum absolute atomic E-state index is 13.2. The van der Waals surface area contributed by atoms with E-state index in [1.807, 2.05) is 13.8 Å². The number of anilines is 1. The van der Waals surface area contributed by atoms with Crippen molar-refractivity contribution in [1.29, 1.82) is 0 Å². The summed E-state index contributed by atoms with van der Waals surface area (Å²) < 4.78 is 39.7. The van der Waals surface area contributed by atoms with Gasteiger partial charge < -0.3 is 10.6 Å². The van der Waals surface area contributed by atoms with E-state index in [2.05, 4.69) is 0 Å². The second kappa shape index (κ2) is 6.97. The van der Waals surface area contributed by atoms with Gasteiger partial charge in [0.05, 0.1) is 5.56 Å². The van der Waals surface area contributed by atoms with Gasteiger partial charge in [0.2, 0.25) is 0 Å². The Labute approximate surface area is 118 Å². The monoisotopic (exact) mass is 288 g/mol. The average Bonchev–Trinajstić information content (AvgIpc) is 2.37. The Hall–Kier alpha value is -1.23. The van der Waals surface area contributed by atoms with Crippen LogP contribution in [0.5, 0.6) is 0 Å². The van der Waals surface area contributed by atoms with Gasteiger partial charge in [-0.25, -0.2) is 0 Å². The Balaban J connectivity index is 3.18. The van der Waals surface area contributed by atoms with Crippen molar-refractivity contribution in [2.75, 3.05) is 18.5 Å². The molecule has 0 aliphatic heterocycles. The molecule has 0 aromatic heterocycles. The van der Waals surface area contributed by atoms with Crippen molar-refractivity contribution in [2.24, 2.45) is 5.73 Å². The van der Waals surface area contributed by atoms with Crippen molar-refractivity contribution in [3.8, 4) is 0 Å². The van der Waals surface area contributed by atoms with Gasteiger partial charge in [0.25, 0.3) is 0 Å². The Morgan fingerprint density at radius 2 is 1.95 bits per heavy atom. The smallest absolute Gasteiger partial charge is 0.371 e. The third kappa shape index (κ3) is 4.13. The first kappa shape index (κ1) is 16.8. The molecule has 1 aromatic carbocycles. The van der Waals surface area contributed by atoms with Crippen molar-refractivity contribution in [2.45, 2.75) is 45.3 Å². The molecule has 5 heteroatoms. The topological polar surface area (TPSA) is 29.3 Å². The molecule has 2 N–H and O–H groups in total. The quantitative estimate of drug-likeness (QED) is 0.862. The van der Waals surface area contributed by atoms with Gasteiger partial charge in [-0.15, -0.1) is 0 Å². The second-order valence-electron chi connectivity index (χ2n) is 5.14. The van der Waals surface area contributed by atoms with E-state index in [0.29, 0.717) is 18.5 Å². The number of benzene rings is 1. The van der Waals surface area contributed by atoms with Crippen LogP contribution in [0.3, 0.4) is 0 Å². The van der Waals surface area contributed by atoms with Crippen molar-refractivity contribution < 1.29 is 13.2 Å². The van der Waals surface area contributed by atoms with Crippen LogP contribution < -0.4 is 10.6 Å². The summed E-state index contributed by atoms with van der Waals surface area (Å²) in [5, 5.41) is 0. The van der Waals surface area contributed by atoms with Crippen LogP contribution in [0.25, 0.3) is 0 Å². The van der Waals surface area contributed by atoms with Gasteiger partial charge in [-0.2, -0.15) is 13.2 Å². The fraction of sp³-hybridized carbons (Fsp3) is 0.600. The normalized spacial score (nSPS) is 13.3. The van der Waals surface area contributed by atoms with E-state index >= 15 is 0 Å². The molecule has 1 unspecified atom stereocenters. The highest BCUT2D eigenvalue weighted by Gasteiger charge is 2.35. The molecular formula is C15H23F3N2. The maximum atomic E-state index is 13.2. The predicted octanol–water partition coefficient (Wildman–Crippen LogP) is 3.83. The molecule has 0 saturated heterocycles. The van der Waals surface area contributed by atoms with Gasteiger partial charge in [-0.1, -0.05) is 19.4 Å². The molecule has 1 aromatic rings. The van der Waals surface area contributed by atoms with Gasteiger partial charge >= 0.3 is 6.18 Å². The van der Waals surface area contributed by atoms with Crippen LogP contribution in [0.15, 0.2) is 18.2 Å². The average molecular weight is 288 g/mol. The summed E-state index contributed by atoms with van der Waals surface area (Å²) in [6.45, 7) is 4.32. The zero-order chi connectivity index (χ0) is 15.3. The Kier molecular flexibility index (Phi) is 5.87. The molecule has 114 valence electrons. The summed E-state index contributed by atoms with van der Waals surface area (Å²) in [5.74, 6) is 0. The molecule has 0 amide bonds. The molecule has 1 rings (SSSR count). The lowest BCUT2D eigenvalue weighted by Gasteiger charge is -2.29. The molecule has 0 aliphatic rings. The standard InChI is InChI=1S/C15H23F3N2/c1-4-5-11(2)20(3)14-7-6-12(8-9-19)10-13(14)15(16,17)18/h6-7,10-11H,4-5,8-9,19H2,1-3H3. The first-order valence-electron chi connectivity index (χ1n) is 6.94. The number of hydrogen-bond donors (Lipinski definition) is 1. The van der Waals surface area contributed by atoms with E-state index in [1.54, 1.807) is 24.1 Å². The fourth-order valence-electron chi connectivity index (χ4n) is 2.29. The summed E-state index contributed by atoms with van der Waals surface area (Å²) in [4.78, 5) is 1.71. The minimum atomic E-state index is -4.35. The van der Waals surface area contributed by atoms with E-state index in [0.717, 1.165) is 12.8 Å². The molecule has 20 heavy (non-hydrogen) atoms. The van der Waals surface area contributed by atoms with Gasteiger partial charge in [0, 0.05) is 18.8 Å². The maximum Gasteiger partial charge on any atom is 0.418 e. The molecule has 0 spiro atoms. The van der Waals surface area contributed by atoms with Crippen LogP contribution in [0.2, 0.25) is 0 Å². The van der Waals surface area contributed by atoms with Crippen LogP contribution in [0.4, 0.5) is 18.9 Å². The molecule has 0 saturated carbocycles. The van der Waals surface area contributed by atoms with Gasteiger partial charge in [-0.3, -0.25) is 0 Å². The molecule has 0 bridgehead atoms. The molecule has 2 nitrogen and oxygen atoms in total. The number of nitrogens with two attached hydrogens (primary N) is 1. The molecule has 0 heterocycles. The van der Waals surface area contributed by atoms with E-state index in [9.17, 15) is 13.2 Å². The van der Waals surface area contributed by atoms with E-state index in [-0.39, 0.29) is 11.7 Å². The molecule has 1 atom stereocenters. The van der Waals surface area contributed by atoms with Gasteiger partial charge in [-0.05, 0) is 44.0 Å². The van der Waals surface area contributed by atoms with E-state index in [4.69, 9.17) is 5.73 Å². The fourth-order valence-corrected chi connectivity index (χ4v) is 2.29. The van der Waals surface area contributed by atoms with Crippen molar-refractivity contribution >= 4 is 5.69 Å². The summed E-state index contributed by atoms with van der Waals surface area (Å²) >= 11 is 0. The Morgan fingerprint density at radius 1 is 1.30 bits per heavy atom. The zero-order valence-electron chi connectivity index (χ0n) is 12.3. The van der Waals surface area contributed by atoms with Crippen molar-refractivity contribution in [3.05, 3.63) is 29.3 Å². The molecular weight excluding hydrogens is 265 g/mol. The number of halogens is 3. The number of nitrogens with zero attached hydrogens (tertiary/aromatic N) is 1. The third-order valence-corrected chi connectivity index (χ3v) is 3.55. The highest BCUT2D eigenvalue weighted by atomic mass is 19.4. The summed E-state index contributed by atoms with van der Waals surface area (Å²) in [6.07, 6.45) is -2.09. The van der Waals surface area contributed by atoms with Crippen LogP contribution in [-0.2, 0) is 12.6 Å². The largest absolute Gasteiger partial charge is 0.418 e. The van der Waals surface area contributed by atoms with E-state index in [1.165, 1.54) is 6.07 Å². The molecule has 0 fully saturated rings. The first-order valence-corrected chi connectivity index (χ1v) is 6.94. The Bertz CT molecular complexity index is 430. The van der Waals surface area contributed by atoms with Gasteiger partial charge in [0.1, 0.15) is 0 Å². The van der Waals surface area contributed by atoms with Crippen LogP contribution in [0.1, 0.15) is 37.8 Å². The lowest BCUT2D eigenvalue weighted by atomic mass is 10.0. The second-order valence-corrected chi connectivity index (χ2v) is 5.14. The Morgan fingerprint density at radius 3 is 2.45 bits per heavy atom. The summed E-state index contributed by atoms with van der Waals surface area (Å²) in [5.41, 5.74) is 5.70. The molecule has 0 aliphatic carbocycles. The molecule has 0 radical (unpaired) electrons. The first-order chi connectivity index (χ1) is 9.31. The van der Waals surface area contributed by atoms with Crippen molar-refractivity contribution in [3.63, 3.8) is 0 Å².